The molecule has 0 heterocycles. The Morgan fingerprint density at radius 1 is 1.05 bits per heavy atom. The van der Waals surface area contributed by atoms with Gasteiger partial charge in [-0.15, -0.1) is 0 Å². The fourth-order valence-electron chi connectivity index (χ4n) is 1.62. The van der Waals surface area contributed by atoms with E-state index < -0.39 is 23.2 Å². The Morgan fingerprint density at radius 3 is 2.26 bits per heavy atom. The first-order valence-electron chi connectivity index (χ1n) is 5.63. The smallest absolute Gasteiger partial charge is 0.198 e. The normalized spacial score (nSPS) is 10.6. The van der Waals surface area contributed by atoms with Crippen molar-refractivity contribution in [2.24, 2.45) is 5.73 Å². The first kappa shape index (κ1) is 13.4. The summed E-state index contributed by atoms with van der Waals surface area (Å²) in [4.78, 5) is 0. The van der Waals surface area contributed by atoms with Gasteiger partial charge in [0.05, 0.1) is 0 Å². The number of ether oxygens (including phenoxy) is 1. The molecule has 0 aliphatic rings. The van der Waals surface area contributed by atoms with Gasteiger partial charge in [-0.05, 0) is 36.2 Å². The topological polar surface area (TPSA) is 35.2 Å². The number of nitrogens with two attached hydrogens (primary N) is 1. The summed E-state index contributed by atoms with van der Waals surface area (Å²) in [5.74, 6) is -2.78. The van der Waals surface area contributed by atoms with E-state index >= 15 is 0 Å². The quantitative estimate of drug-likeness (QED) is 0.921. The summed E-state index contributed by atoms with van der Waals surface area (Å²) in [6, 6.07) is 5.96. The highest BCUT2D eigenvalue weighted by Gasteiger charge is 2.14. The number of halogens is 3. The van der Waals surface area contributed by atoms with Crippen LogP contribution in [0.2, 0.25) is 0 Å². The van der Waals surface area contributed by atoms with Gasteiger partial charge in [-0.3, -0.25) is 0 Å². The van der Waals surface area contributed by atoms with E-state index in [0.717, 1.165) is 18.2 Å². The minimum atomic E-state index is -0.871. The molecule has 2 N–H and O–H groups in total. The molecule has 19 heavy (non-hydrogen) atoms. The summed E-state index contributed by atoms with van der Waals surface area (Å²) in [6.07, 6.45) is 0. The molecule has 0 saturated carbocycles. The fourth-order valence-corrected chi connectivity index (χ4v) is 1.62. The van der Waals surface area contributed by atoms with E-state index in [9.17, 15) is 13.2 Å². The summed E-state index contributed by atoms with van der Waals surface area (Å²) in [7, 11) is 0. The van der Waals surface area contributed by atoms with Gasteiger partial charge in [0.25, 0.3) is 0 Å². The van der Waals surface area contributed by atoms with Crippen LogP contribution in [-0.2, 0) is 6.54 Å². The SMILES string of the molecule is Cc1ccc(F)cc1Oc1c(F)cc(CN)cc1F. The highest BCUT2D eigenvalue weighted by molar-refractivity contribution is 5.39. The fraction of sp³-hybridized carbons (Fsp3) is 0.143. The van der Waals surface area contributed by atoms with Crippen molar-refractivity contribution >= 4 is 0 Å². The molecule has 2 rings (SSSR count). The van der Waals surface area contributed by atoms with E-state index in [-0.39, 0.29) is 12.3 Å². The molecule has 2 aromatic rings. The van der Waals surface area contributed by atoms with Crippen molar-refractivity contribution in [3.8, 4) is 11.5 Å². The lowest BCUT2D eigenvalue weighted by molar-refractivity contribution is 0.402. The monoisotopic (exact) mass is 267 g/mol. The van der Waals surface area contributed by atoms with Crippen LogP contribution in [0.1, 0.15) is 11.1 Å². The van der Waals surface area contributed by atoms with Gasteiger partial charge in [0.2, 0.25) is 0 Å². The van der Waals surface area contributed by atoms with Gasteiger partial charge < -0.3 is 10.5 Å². The molecule has 2 nitrogen and oxygen atoms in total. The van der Waals surface area contributed by atoms with Crippen molar-refractivity contribution in [3.63, 3.8) is 0 Å². The molecule has 5 heteroatoms. The van der Waals surface area contributed by atoms with Crippen molar-refractivity contribution in [1.82, 2.24) is 0 Å². The molecular weight excluding hydrogens is 255 g/mol. The standard InChI is InChI=1S/C14H12F3NO/c1-8-2-3-10(15)6-13(8)19-14-11(16)4-9(7-18)5-12(14)17/h2-6H,7,18H2,1H3. The number of benzene rings is 2. The van der Waals surface area contributed by atoms with E-state index in [1.165, 1.54) is 12.1 Å². The van der Waals surface area contributed by atoms with Gasteiger partial charge >= 0.3 is 0 Å². The van der Waals surface area contributed by atoms with Gasteiger partial charge in [-0.25, -0.2) is 13.2 Å². The molecule has 0 spiro atoms. The molecule has 0 bridgehead atoms. The van der Waals surface area contributed by atoms with Crippen LogP contribution in [0.5, 0.6) is 11.5 Å². The molecule has 0 radical (unpaired) electrons. The second kappa shape index (κ2) is 5.32. The highest BCUT2D eigenvalue weighted by Crippen LogP contribution is 2.30. The summed E-state index contributed by atoms with van der Waals surface area (Å²) >= 11 is 0. The zero-order chi connectivity index (χ0) is 14.0. The van der Waals surface area contributed by atoms with Gasteiger partial charge in [0.15, 0.2) is 17.4 Å². The molecule has 2 aromatic carbocycles. The molecule has 0 unspecified atom stereocenters. The number of rotatable bonds is 3. The van der Waals surface area contributed by atoms with Crippen molar-refractivity contribution in [3.05, 3.63) is 58.9 Å². The van der Waals surface area contributed by atoms with Crippen LogP contribution < -0.4 is 10.5 Å². The van der Waals surface area contributed by atoms with Gasteiger partial charge in [0.1, 0.15) is 11.6 Å². The zero-order valence-electron chi connectivity index (χ0n) is 10.2. The number of aryl methyl sites for hydroxylation is 1. The molecule has 0 aliphatic heterocycles. The Bertz CT molecular complexity index is 591. The first-order valence-corrected chi connectivity index (χ1v) is 5.63. The van der Waals surface area contributed by atoms with Gasteiger partial charge in [-0.2, -0.15) is 0 Å². The van der Waals surface area contributed by atoms with Crippen LogP contribution in [0.4, 0.5) is 13.2 Å². The summed E-state index contributed by atoms with van der Waals surface area (Å²) in [5.41, 5.74) is 6.20. The second-order valence-corrected chi connectivity index (χ2v) is 4.10. The lowest BCUT2D eigenvalue weighted by Crippen LogP contribution is -2.01. The van der Waals surface area contributed by atoms with Crippen molar-refractivity contribution in [2.75, 3.05) is 0 Å². The van der Waals surface area contributed by atoms with Crippen LogP contribution >= 0.6 is 0 Å². The Balaban J connectivity index is 2.41. The highest BCUT2D eigenvalue weighted by atomic mass is 19.1. The average molecular weight is 267 g/mol. The van der Waals surface area contributed by atoms with E-state index in [1.54, 1.807) is 6.92 Å². The third kappa shape index (κ3) is 2.88. The molecular formula is C14H12F3NO. The van der Waals surface area contributed by atoms with Crippen molar-refractivity contribution in [2.45, 2.75) is 13.5 Å². The Labute approximate surface area is 108 Å². The maximum Gasteiger partial charge on any atom is 0.198 e. The van der Waals surface area contributed by atoms with Crippen LogP contribution in [0, 0.1) is 24.4 Å². The lowest BCUT2D eigenvalue weighted by Gasteiger charge is -2.11. The molecule has 0 aromatic heterocycles. The molecule has 0 aliphatic carbocycles. The second-order valence-electron chi connectivity index (χ2n) is 4.10. The molecule has 100 valence electrons. The maximum atomic E-state index is 13.7. The van der Waals surface area contributed by atoms with E-state index in [1.807, 2.05) is 0 Å². The van der Waals surface area contributed by atoms with Crippen LogP contribution in [0.25, 0.3) is 0 Å². The number of hydrogen-bond donors (Lipinski definition) is 1. The van der Waals surface area contributed by atoms with Crippen LogP contribution in [-0.4, -0.2) is 0 Å². The first-order chi connectivity index (χ1) is 9.01. The third-order valence-electron chi connectivity index (χ3n) is 2.66. The minimum absolute atomic E-state index is 0.0209. The predicted octanol–water partition coefficient (Wildman–Crippen LogP) is 3.66. The Kier molecular flexibility index (Phi) is 3.76. The average Bonchev–Trinajstić information content (AvgIpc) is 2.37. The zero-order valence-corrected chi connectivity index (χ0v) is 10.2. The maximum absolute atomic E-state index is 13.7. The van der Waals surface area contributed by atoms with Crippen LogP contribution in [0.3, 0.4) is 0 Å². The van der Waals surface area contributed by atoms with E-state index in [2.05, 4.69) is 0 Å². The summed E-state index contributed by atoms with van der Waals surface area (Å²) < 4.78 is 45.6. The number of hydrogen-bond acceptors (Lipinski definition) is 2. The Morgan fingerprint density at radius 2 is 1.68 bits per heavy atom. The Hall–Kier alpha value is -2.01. The molecule has 0 fully saturated rings. The van der Waals surface area contributed by atoms with Gasteiger partial charge in [0, 0.05) is 12.6 Å². The molecule has 0 saturated heterocycles. The van der Waals surface area contributed by atoms with E-state index in [0.29, 0.717) is 11.1 Å². The molecule has 0 amide bonds. The largest absolute Gasteiger partial charge is 0.451 e. The van der Waals surface area contributed by atoms with Gasteiger partial charge in [-0.1, -0.05) is 6.07 Å². The minimum Gasteiger partial charge on any atom is -0.451 e. The lowest BCUT2D eigenvalue weighted by atomic mass is 10.2. The summed E-state index contributed by atoms with van der Waals surface area (Å²) in [6.45, 7) is 1.67. The van der Waals surface area contributed by atoms with E-state index in [4.69, 9.17) is 10.5 Å². The van der Waals surface area contributed by atoms with Crippen molar-refractivity contribution in [1.29, 1.82) is 0 Å². The van der Waals surface area contributed by atoms with Crippen molar-refractivity contribution < 1.29 is 17.9 Å². The third-order valence-corrected chi connectivity index (χ3v) is 2.66. The van der Waals surface area contributed by atoms with Crippen LogP contribution in [0.15, 0.2) is 30.3 Å². The predicted molar refractivity (Wildman–Crippen MR) is 65.5 cm³/mol. The molecule has 0 atom stereocenters. The summed E-state index contributed by atoms with van der Waals surface area (Å²) in [5, 5.41) is 0.